The van der Waals surface area contributed by atoms with Crippen molar-refractivity contribution in [1.82, 2.24) is 14.7 Å². The van der Waals surface area contributed by atoms with Crippen LogP contribution in [0.3, 0.4) is 0 Å². The molecule has 5 rings (SSSR count). The second kappa shape index (κ2) is 17.1. The van der Waals surface area contributed by atoms with Crippen molar-refractivity contribution in [3.8, 4) is 0 Å². The predicted molar refractivity (Wildman–Crippen MR) is 212 cm³/mol. The summed E-state index contributed by atoms with van der Waals surface area (Å²) in [6.07, 6.45) is 6.23. The summed E-state index contributed by atoms with van der Waals surface area (Å²) in [6, 6.07) is 15.0. The van der Waals surface area contributed by atoms with Gasteiger partial charge in [-0.05, 0) is 117 Å². The Labute approximate surface area is 319 Å². The minimum atomic E-state index is -0.652. The molecule has 2 aromatic carbocycles. The number of benzene rings is 2. The minimum Gasteiger partial charge on any atom is -0.396 e. The number of aliphatic hydroxyl groups excluding tert-OH is 1. The number of hydrogen-bond donors (Lipinski definition) is 1. The highest BCUT2D eigenvalue weighted by Crippen LogP contribution is 2.56. The number of aliphatic hydroxyl groups is 1. The van der Waals surface area contributed by atoms with Gasteiger partial charge in [-0.15, -0.1) is 0 Å². The van der Waals surface area contributed by atoms with Crippen molar-refractivity contribution in [1.29, 1.82) is 0 Å². The minimum absolute atomic E-state index is 0.0216. The normalized spacial score (nSPS) is 24.3. The number of allylic oxidation sites excluding steroid dienone is 1. The van der Waals surface area contributed by atoms with Crippen molar-refractivity contribution in [2.24, 2.45) is 22.7 Å². The Morgan fingerprint density at radius 3 is 2.27 bits per heavy atom. The van der Waals surface area contributed by atoms with Crippen molar-refractivity contribution in [3.05, 3.63) is 80.3 Å². The monoisotopic (exact) mass is 754 g/mol. The molecule has 1 fully saturated rings. The van der Waals surface area contributed by atoms with Crippen molar-refractivity contribution in [3.63, 3.8) is 0 Å². The van der Waals surface area contributed by atoms with Gasteiger partial charge in [-0.1, -0.05) is 88.5 Å². The van der Waals surface area contributed by atoms with Crippen LogP contribution in [0.15, 0.2) is 64.1 Å². The molecule has 6 atom stereocenters. The number of likely N-dealkylation sites (tertiary alicyclic amines) is 1. The Balaban J connectivity index is 1.46. The highest BCUT2D eigenvalue weighted by Gasteiger charge is 2.54. The van der Waals surface area contributed by atoms with E-state index in [9.17, 15) is 14.7 Å². The van der Waals surface area contributed by atoms with Gasteiger partial charge in [0.05, 0.1) is 6.04 Å². The molecule has 10 heteroatoms. The first-order chi connectivity index (χ1) is 24.3. The first kappa shape index (κ1) is 39.7. The molecule has 0 bridgehead atoms. The average Bonchev–Trinajstić information content (AvgIpc) is 3.75. The van der Waals surface area contributed by atoms with Gasteiger partial charge in [0.25, 0.3) is 5.91 Å². The van der Waals surface area contributed by atoms with Crippen LogP contribution in [-0.2, 0) is 15.1 Å². The third-order valence-electron chi connectivity index (χ3n) is 11.0. The number of hydrogen-bond acceptors (Lipinski definition) is 6. The zero-order valence-electron chi connectivity index (χ0n) is 31.4. The molecule has 0 aliphatic carbocycles. The van der Waals surface area contributed by atoms with Crippen LogP contribution in [-0.4, -0.2) is 68.6 Å². The Kier molecular flexibility index (Phi) is 13.3. The van der Waals surface area contributed by atoms with E-state index in [4.69, 9.17) is 28.2 Å². The third-order valence-corrected chi connectivity index (χ3v) is 12.5. The maximum absolute atomic E-state index is 14.9. The molecule has 1 N–H and O–H groups in total. The van der Waals surface area contributed by atoms with Gasteiger partial charge in [0, 0.05) is 41.5 Å². The van der Waals surface area contributed by atoms with Crippen LogP contribution >= 0.6 is 35.0 Å². The maximum atomic E-state index is 14.9. The number of thioether (sulfide) groups is 1. The molecule has 0 aromatic heterocycles. The highest BCUT2D eigenvalue weighted by molar-refractivity contribution is 8.18. The number of amides is 2. The molecule has 3 aliphatic rings. The first-order valence-electron chi connectivity index (χ1n) is 18.9. The smallest absolute Gasteiger partial charge is 0.263 e. The number of carbonyl (C=O) groups excluding carboxylic acids is 2. The summed E-state index contributed by atoms with van der Waals surface area (Å²) in [5, 5.41) is 11.5. The maximum Gasteiger partial charge on any atom is 0.263 e. The fourth-order valence-corrected chi connectivity index (χ4v) is 10.0. The van der Waals surface area contributed by atoms with Crippen LogP contribution in [0.25, 0.3) is 0 Å². The van der Waals surface area contributed by atoms with Gasteiger partial charge in [-0.25, -0.2) is 4.99 Å². The SMILES string of the molecule is CCCN(C[C@@H](C)CC(CC)CCCO)C(=O)[C@@H]1CC[C@@H](C)N1C(=O)C1=C(C(C)C)N2C(=N[C@@](C)(c3ccc(Cl)cc3)[C@H]2c2ccc(Cl)cc2)S1. The molecule has 7 nitrogen and oxygen atoms in total. The number of rotatable bonds is 15. The molecular weight excluding hydrogens is 699 g/mol. The second-order valence-corrected chi connectivity index (χ2v) is 17.1. The first-order valence-corrected chi connectivity index (χ1v) is 20.5. The molecule has 2 amide bonds. The van der Waals surface area contributed by atoms with Crippen molar-refractivity contribution >= 4 is 51.9 Å². The lowest BCUT2D eigenvalue weighted by molar-refractivity contribution is -0.143. The van der Waals surface area contributed by atoms with E-state index in [2.05, 4.69) is 65.5 Å². The molecule has 0 spiro atoms. The highest BCUT2D eigenvalue weighted by atomic mass is 35.5. The van der Waals surface area contributed by atoms with Crippen LogP contribution in [0, 0.1) is 17.8 Å². The molecule has 1 unspecified atom stereocenters. The van der Waals surface area contributed by atoms with Crippen molar-refractivity contribution in [2.75, 3.05) is 19.7 Å². The van der Waals surface area contributed by atoms with Crippen LogP contribution in [0.2, 0.25) is 10.0 Å². The summed E-state index contributed by atoms with van der Waals surface area (Å²) < 4.78 is 0. The third kappa shape index (κ3) is 8.35. The van der Waals surface area contributed by atoms with Gasteiger partial charge >= 0.3 is 0 Å². The average molecular weight is 756 g/mol. The quantitative estimate of drug-likeness (QED) is 0.196. The van der Waals surface area contributed by atoms with E-state index in [1.54, 1.807) is 0 Å². The summed E-state index contributed by atoms with van der Waals surface area (Å²) in [7, 11) is 0. The summed E-state index contributed by atoms with van der Waals surface area (Å²) >= 11 is 14.1. The molecule has 0 saturated carbocycles. The fraction of sp³-hybridized carbons (Fsp3) is 0.585. The van der Waals surface area contributed by atoms with Gasteiger partial charge in [-0.2, -0.15) is 0 Å². The Bertz CT molecular complexity index is 1600. The van der Waals surface area contributed by atoms with Crippen LogP contribution < -0.4 is 0 Å². The Hall–Kier alpha value is -2.52. The zero-order chi connectivity index (χ0) is 37.0. The largest absolute Gasteiger partial charge is 0.396 e. The zero-order valence-corrected chi connectivity index (χ0v) is 33.7. The topological polar surface area (TPSA) is 76.5 Å². The molecule has 1 saturated heterocycles. The summed E-state index contributed by atoms with van der Waals surface area (Å²) in [5.74, 6) is 0.871. The molecule has 51 heavy (non-hydrogen) atoms. The summed E-state index contributed by atoms with van der Waals surface area (Å²) in [5.41, 5.74) is 2.38. The predicted octanol–water partition coefficient (Wildman–Crippen LogP) is 9.68. The second-order valence-electron chi connectivity index (χ2n) is 15.3. The lowest BCUT2D eigenvalue weighted by atomic mass is 9.81. The number of nitrogens with zero attached hydrogens (tertiary/aromatic N) is 4. The summed E-state index contributed by atoms with van der Waals surface area (Å²) in [4.78, 5) is 41.6. The van der Waals surface area contributed by atoms with E-state index in [0.717, 1.165) is 60.5 Å². The van der Waals surface area contributed by atoms with Gasteiger partial charge in [0.2, 0.25) is 5.91 Å². The number of carbonyl (C=O) groups is 2. The van der Waals surface area contributed by atoms with Crippen LogP contribution in [0.5, 0.6) is 0 Å². The van der Waals surface area contributed by atoms with Crippen molar-refractivity contribution < 1.29 is 14.7 Å². The van der Waals surface area contributed by atoms with Gasteiger partial charge in [0.15, 0.2) is 5.17 Å². The van der Waals surface area contributed by atoms with Crippen LogP contribution in [0.4, 0.5) is 0 Å². The standard InChI is InChI=1S/C41H56Cl2N4O3S/c1-8-22-45(25-27(5)24-29(9-2)11-10-23-48)38(49)34-21-12-28(6)46(34)39(50)36-35(26(3)4)47-37(30-13-17-32(42)18-14-30)41(7,44-40(47)51-36)31-15-19-33(43)20-16-31/h13-20,26-29,34,37,48H,8-12,21-25H2,1-7H3/t27-,28+,29?,34-,37+,41-/m0/s1. The summed E-state index contributed by atoms with van der Waals surface area (Å²) in [6.45, 7) is 16.6. The molecule has 3 heterocycles. The lowest BCUT2D eigenvalue weighted by Crippen LogP contribution is -2.51. The molecule has 3 aliphatic heterocycles. The lowest BCUT2D eigenvalue weighted by Gasteiger charge is -2.37. The number of aliphatic imine (C=N–C) groups is 1. The van der Waals surface area contributed by atoms with Gasteiger partial charge in [0.1, 0.15) is 16.5 Å². The van der Waals surface area contributed by atoms with E-state index < -0.39 is 11.6 Å². The number of fused-ring (bicyclic) bond motifs is 1. The fourth-order valence-electron chi connectivity index (χ4n) is 8.41. The van der Waals surface area contributed by atoms with E-state index in [1.807, 2.05) is 46.2 Å². The van der Waals surface area contributed by atoms with Gasteiger partial charge < -0.3 is 19.8 Å². The number of amidine groups is 1. The van der Waals surface area contributed by atoms with Crippen LogP contribution in [0.1, 0.15) is 111 Å². The molecule has 0 radical (unpaired) electrons. The molecular formula is C41H56Cl2N4O3S. The Morgan fingerprint density at radius 1 is 1.04 bits per heavy atom. The van der Waals surface area contributed by atoms with E-state index in [0.29, 0.717) is 46.3 Å². The van der Waals surface area contributed by atoms with E-state index in [-0.39, 0.29) is 36.4 Å². The van der Waals surface area contributed by atoms with E-state index >= 15 is 0 Å². The molecule has 278 valence electrons. The van der Waals surface area contributed by atoms with E-state index in [1.165, 1.54) is 11.8 Å². The van der Waals surface area contributed by atoms with Crippen molar-refractivity contribution in [2.45, 2.75) is 117 Å². The molecule has 2 aromatic rings. The Morgan fingerprint density at radius 2 is 1.69 bits per heavy atom. The van der Waals surface area contributed by atoms with Gasteiger partial charge in [-0.3, -0.25) is 9.59 Å². The number of halogens is 2.